The van der Waals surface area contributed by atoms with Crippen molar-refractivity contribution in [1.82, 2.24) is 24.3 Å². The highest BCUT2D eigenvalue weighted by Crippen LogP contribution is 2.34. The molecule has 0 radical (unpaired) electrons. The molecular formula is C32H45N7O13S. The Kier molecular flexibility index (Phi) is 13.0. The van der Waals surface area contributed by atoms with E-state index in [2.05, 4.69) is 20.9 Å². The zero-order chi connectivity index (χ0) is 38.7. The average Bonchev–Trinajstić information content (AvgIpc) is 3.87. The molecule has 0 bridgehead atoms. The quantitative estimate of drug-likeness (QED) is 0.0783. The van der Waals surface area contributed by atoms with Gasteiger partial charge < -0.3 is 80.3 Å². The van der Waals surface area contributed by atoms with Crippen LogP contribution in [0.2, 0.25) is 0 Å². The molecule has 53 heavy (non-hydrogen) atoms. The van der Waals surface area contributed by atoms with E-state index in [0.29, 0.717) is 23.5 Å². The number of hydrogen-bond donors (Lipinski definition) is 11. The number of carbonyl (C=O) groups is 3. The van der Waals surface area contributed by atoms with Crippen LogP contribution >= 0.6 is 11.3 Å². The summed E-state index contributed by atoms with van der Waals surface area (Å²) in [5, 5.41) is 91.0. The number of thiazole rings is 1. The standard InChI is InChI=1S/C32H45N7O13S/c1-14-27(53-13-34-14)30(50)36-16-8-18(39(10-16)32-26(47)24(45)22(43)20(12-41)52-32)29(49)35-15-7-17(28(48)33-5-4-6-37(2)3)38(9-15)31-25(46)23(44)21(42)19(11-40)51-31/h7-10,13,19-26,31-32,40-47H,4-6,11-12H2,1-3H3,(H,33,48)(H,35,49)(H,36,50)/t19-,20-,21-,22-,23-,24-,25-,26-,31+,32+/m1/s1. The topological polar surface area (TPSA) is 294 Å². The summed E-state index contributed by atoms with van der Waals surface area (Å²) in [4.78, 5) is 46.8. The van der Waals surface area contributed by atoms with Crippen molar-refractivity contribution in [2.24, 2.45) is 0 Å². The number of ether oxygens (including phenoxy) is 2. The number of nitrogens with zero attached hydrogens (tertiary/aromatic N) is 4. The van der Waals surface area contributed by atoms with Crippen LogP contribution < -0.4 is 16.0 Å². The van der Waals surface area contributed by atoms with Gasteiger partial charge in [0.25, 0.3) is 17.7 Å². The largest absolute Gasteiger partial charge is 0.394 e. The Labute approximate surface area is 306 Å². The molecule has 0 aliphatic carbocycles. The molecule has 2 fully saturated rings. The summed E-state index contributed by atoms with van der Waals surface area (Å²) in [5.74, 6) is -2.09. The van der Waals surface area contributed by atoms with Crippen molar-refractivity contribution >= 4 is 40.4 Å². The molecule has 3 aromatic heterocycles. The van der Waals surface area contributed by atoms with E-state index >= 15 is 0 Å². The van der Waals surface area contributed by atoms with Gasteiger partial charge in [-0.1, -0.05) is 0 Å². The van der Waals surface area contributed by atoms with Gasteiger partial charge in [0.2, 0.25) is 0 Å². The summed E-state index contributed by atoms with van der Waals surface area (Å²) in [6, 6.07) is 2.51. The Morgan fingerprint density at radius 3 is 1.72 bits per heavy atom. The highest BCUT2D eigenvalue weighted by molar-refractivity contribution is 7.12. The lowest BCUT2D eigenvalue weighted by atomic mass is 9.98. The first-order valence-electron chi connectivity index (χ1n) is 16.7. The van der Waals surface area contributed by atoms with Gasteiger partial charge in [0.05, 0.1) is 35.8 Å². The maximum Gasteiger partial charge on any atom is 0.272 e. The number of aromatic nitrogens is 3. The van der Waals surface area contributed by atoms with Crippen LogP contribution in [0.1, 0.15) is 55.2 Å². The summed E-state index contributed by atoms with van der Waals surface area (Å²) in [7, 11) is 3.74. The number of anilines is 2. The molecule has 5 heterocycles. The van der Waals surface area contributed by atoms with Crippen molar-refractivity contribution in [3.05, 3.63) is 52.0 Å². The van der Waals surface area contributed by atoms with Crippen LogP contribution in [0.4, 0.5) is 11.4 Å². The zero-order valence-corrected chi connectivity index (χ0v) is 29.8. The molecule has 0 saturated carbocycles. The second kappa shape index (κ2) is 17.1. The van der Waals surface area contributed by atoms with Gasteiger partial charge in [-0.25, -0.2) is 4.98 Å². The Hall–Kier alpha value is -3.84. The van der Waals surface area contributed by atoms with Crippen LogP contribution in [0.3, 0.4) is 0 Å². The van der Waals surface area contributed by atoms with E-state index in [0.717, 1.165) is 20.5 Å². The van der Waals surface area contributed by atoms with Crippen LogP contribution in [-0.2, 0) is 9.47 Å². The molecule has 2 aliphatic heterocycles. The lowest BCUT2D eigenvalue weighted by Crippen LogP contribution is -2.56. The molecule has 5 rings (SSSR count). The number of aliphatic hydroxyl groups excluding tert-OH is 8. The average molecular weight is 768 g/mol. The van der Waals surface area contributed by atoms with E-state index in [4.69, 9.17) is 9.47 Å². The molecule has 21 heteroatoms. The van der Waals surface area contributed by atoms with Crippen LogP contribution in [0, 0.1) is 6.92 Å². The molecule has 2 aliphatic rings. The summed E-state index contributed by atoms with van der Waals surface area (Å²) in [5.41, 5.74) is 1.59. The number of nitrogens with one attached hydrogen (secondary N) is 3. The van der Waals surface area contributed by atoms with Crippen LogP contribution in [-0.4, -0.2) is 167 Å². The van der Waals surface area contributed by atoms with Gasteiger partial charge in [-0.05, 0) is 46.1 Å². The van der Waals surface area contributed by atoms with Crippen molar-refractivity contribution in [3.63, 3.8) is 0 Å². The van der Waals surface area contributed by atoms with Crippen molar-refractivity contribution in [3.8, 4) is 0 Å². The molecule has 0 unspecified atom stereocenters. The molecule has 3 amide bonds. The maximum atomic E-state index is 14.0. The van der Waals surface area contributed by atoms with Crippen molar-refractivity contribution in [1.29, 1.82) is 0 Å². The van der Waals surface area contributed by atoms with Gasteiger partial charge in [-0.15, -0.1) is 11.3 Å². The molecule has 0 spiro atoms. The van der Waals surface area contributed by atoms with E-state index in [1.165, 1.54) is 30.0 Å². The molecular weight excluding hydrogens is 722 g/mol. The van der Waals surface area contributed by atoms with Crippen molar-refractivity contribution in [2.75, 3.05) is 51.0 Å². The Bertz CT molecular complexity index is 1740. The lowest BCUT2D eigenvalue weighted by molar-refractivity contribution is -0.251. The van der Waals surface area contributed by atoms with Crippen molar-refractivity contribution in [2.45, 2.75) is 74.6 Å². The van der Waals surface area contributed by atoms with E-state index in [1.54, 1.807) is 6.92 Å². The SMILES string of the molecule is Cc1ncsc1C(=O)Nc1cc(C(=O)Nc2cc(C(=O)NCCCN(C)C)n([C@H]3O[C@H](CO)[C@@H](O)[C@@H](O)[C@H]3O)c2)n([C@H]2O[C@H](CO)[C@@H](O)[C@@H](O)[C@H]2O)c1. The molecule has 3 aromatic rings. The van der Waals surface area contributed by atoms with Crippen molar-refractivity contribution < 1.29 is 64.7 Å². The first-order valence-corrected chi connectivity index (χ1v) is 17.5. The van der Waals surface area contributed by atoms with Crippen LogP contribution in [0.5, 0.6) is 0 Å². The van der Waals surface area contributed by atoms with E-state index in [-0.39, 0.29) is 29.3 Å². The minimum Gasteiger partial charge on any atom is -0.394 e. The van der Waals surface area contributed by atoms with Gasteiger partial charge in [0.15, 0.2) is 12.5 Å². The van der Waals surface area contributed by atoms with Gasteiger partial charge in [-0.2, -0.15) is 0 Å². The predicted molar refractivity (Wildman–Crippen MR) is 185 cm³/mol. The Morgan fingerprint density at radius 2 is 1.26 bits per heavy atom. The third kappa shape index (κ3) is 8.61. The number of hydrogen-bond acceptors (Lipinski definition) is 16. The molecule has 10 atom stereocenters. The highest BCUT2D eigenvalue weighted by atomic mass is 32.1. The first kappa shape index (κ1) is 40.3. The second-order valence-electron chi connectivity index (χ2n) is 13.1. The smallest absolute Gasteiger partial charge is 0.272 e. The fourth-order valence-corrected chi connectivity index (χ4v) is 6.79. The molecule has 0 aromatic carbocycles. The monoisotopic (exact) mass is 767 g/mol. The summed E-state index contributed by atoms with van der Waals surface area (Å²) in [6.07, 6.45) is -13.2. The van der Waals surface area contributed by atoms with E-state index in [9.17, 15) is 55.2 Å². The number of amides is 3. The molecule has 292 valence electrons. The third-order valence-corrected chi connectivity index (χ3v) is 9.91. The predicted octanol–water partition coefficient (Wildman–Crippen LogP) is -2.81. The Morgan fingerprint density at radius 1 is 0.774 bits per heavy atom. The number of rotatable bonds is 13. The summed E-state index contributed by atoms with van der Waals surface area (Å²) in [6.45, 7) is 1.08. The van der Waals surface area contributed by atoms with E-state index < -0.39 is 92.2 Å². The Balaban J connectivity index is 1.50. The van der Waals surface area contributed by atoms with Gasteiger partial charge in [-0.3, -0.25) is 14.4 Å². The fourth-order valence-electron chi connectivity index (χ4n) is 6.09. The zero-order valence-electron chi connectivity index (χ0n) is 29.0. The van der Waals surface area contributed by atoms with Gasteiger partial charge in [0.1, 0.15) is 65.1 Å². The van der Waals surface area contributed by atoms with Crippen LogP contribution in [0.15, 0.2) is 30.0 Å². The second-order valence-corrected chi connectivity index (χ2v) is 13.9. The van der Waals surface area contributed by atoms with Gasteiger partial charge in [0, 0.05) is 18.9 Å². The third-order valence-electron chi connectivity index (χ3n) is 8.98. The lowest BCUT2D eigenvalue weighted by Gasteiger charge is -2.41. The number of aliphatic hydroxyl groups is 8. The maximum absolute atomic E-state index is 14.0. The minimum absolute atomic E-state index is 0.0298. The van der Waals surface area contributed by atoms with Crippen LogP contribution in [0.25, 0.3) is 0 Å². The molecule has 11 N–H and O–H groups in total. The first-order chi connectivity index (χ1) is 25.2. The number of aryl methyl sites for hydroxylation is 1. The summed E-state index contributed by atoms with van der Waals surface area (Å²) < 4.78 is 13.6. The normalized spacial score (nSPS) is 28.9. The van der Waals surface area contributed by atoms with Gasteiger partial charge >= 0.3 is 0 Å². The molecule has 20 nitrogen and oxygen atoms in total. The minimum atomic E-state index is -1.81. The number of carbonyl (C=O) groups excluding carboxylic acids is 3. The fraction of sp³-hybridized carbons (Fsp3) is 0.562. The highest BCUT2D eigenvalue weighted by Gasteiger charge is 2.46. The summed E-state index contributed by atoms with van der Waals surface area (Å²) >= 11 is 1.08. The van der Waals surface area contributed by atoms with E-state index in [1.807, 2.05) is 19.0 Å². The molecule has 2 saturated heterocycles.